The lowest BCUT2D eigenvalue weighted by Gasteiger charge is -2.18. The summed E-state index contributed by atoms with van der Waals surface area (Å²) in [5.41, 5.74) is 8.59. The second kappa shape index (κ2) is 16.5. The second-order valence-corrected chi connectivity index (χ2v) is 9.49. The van der Waals surface area contributed by atoms with Crippen LogP contribution in [0.5, 0.6) is 5.88 Å². The van der Waals surface area contributed by atoms with Crippen LogP contribution in [0.25, 0.3) is 16.6 Å². The monoisotopic (exact) mass is 546 g/mol. The highest BCUT2D eigenvalue weighted by Gasteiger charge is 2.22. The van der Waals surface area contributed by atoms with E-state index in [-0.39, 0.29) is 0 Å². The number of aryl methyl sites for hydroxylation is 1. The Morgan fingerprint density at radius 2 is 1.85 bits per heavy atom. The third kappa shape index (κ3) is 7.77. The molecule has 0 aliphatic heterocycles. The number of hydrogen-bond acceptors (Lipinski definition) is 5. The van der Waals surface area contributed by atoms with Gasteiger partial charge in [0.1, 0.15) is 5.76 Å². The minimum atomic E-state index is 0.297. The van der Waals surface area contributed by atoms with Crippen molar-refractivity contribution in [3.8, 4) is 5.88 Å². The Labute approximate surface area is 242 Å². The number of hydrogen-bond donors (Lipinski definition) is 1. The maximum Gasteiger partial charge on any atom is 0.218 e. The fourth-order valence-corrected chi connectivity index (χ4v) is 4.83. The molecule has 0 unspecified atom stereocenters. The first-order valence-electron chi connectivity index (χ1n) is 14.9. The maximum atomic E-state index is 5.97. The van der Waals surface area contributed by atoms with Gasteiger partial charge < -0.3 is 19.4 Å². The SMILES string of the molecule is CC.CC/C=C/C=C\C(=C(/C)OCC)c1cc(NCc2cccnc2OCC)c2c(n1)c(C)c(CC)n2C(C)C. The van der Waals surface area contributed by atoms with Crippen LogP contribution in [0.15, 0.2) is 54.5 Å². The summed E-state index contributed by atoms with van der Waals surface area (Å²) in [4.78, 5) is 9.68. The molecule has 0 spiro atoms. The van der Waals surface area contributed by atoms with Crippen molar-refractivity contribution in [1.82, 2.24) is 14.5 Å². The van der Waals surface area contributed by atoms with Crippen LogP contribution in [-0.4, -0.2) is 27.7 Å². The van der Waals surface area contributed by atoms with Gasteiger partial charge in [0.05, 0.1) is 35.6 Å². The average Bonchev–Trinajstić information content (AvgIpc) is 3.25. The summed E-state index contributed by atoms with van der Waals surface area (Å²) < 4.78 is 14.2. The molecule has 0 atom stereocenters. The number of aromatic nitrogens is 3. The van der Waals surface area contributed by atoms with Crippen molar-refractivity contribution < 1.29 is 9.47 Å². The number of fused-ring (bicyclic) bond motifs is 1. The van der Waals surface area contributed by atoms with E-state index >= 15 is 0 Å². The van der Waals surface area contributed by atoms with Gasteiger partial charge in [-0.05, 0) is 78.2 Å². The fraction of sp³-hybridized carbons (Fsp3) is 0.471. The van der Waals surface area contributed by atoms with E-state index in [9.17, 15) is 0 Å². The first kappa shape index (κ1) is 32.7. The van der Waals surface area contributed by atoms with Crippen molar-refractivity contribution >= 4 is 22.3 Å². The zero-order chi connectivity index (χ0) is 29.7. The fourth-order valence-electron chi connectivity index (χ4n) is 4.83. The van der Waals surface area contributed by atoms with Crippen LogP contribution >= 0.6 is 0 Å². The lowest BCUT2D eigenvalue weighted by Crippen LogP contribution is -2.09. The highest BCUT2D eigenvalue weighted by molar-refractivity contribution is 5.95. The van der Waals surface area contributed by atoms with Gasteiger partial charge in [-0.25, -0.2) is 9.97 Å². The summed E-state index contributed by atoms with van der Waals surface area (Å²) in [7, 11) is 0. The first-order chi connectivity index (χ1) is 19.4. The molecule has 3 rings (SSSR count). The lowest BCUT2D eigenvalue weighted by atomic mass is 10.1. The average molecular weight is 547 g/mol. The van der Waals surface area contributed by atoms with Crippen molar-refractivity contribution in [2.75, 3.05) is 18.5 Å². The standard InChI is InChI=1S/C32H44N4O2.C2H6/c1-9-13-14-15-18-26(24(8)37-11-3)27-20-28(34-21-25-17-16-19-33-32(25)38-12-4)31-30(35-27)23(7)29(10-2)36(31)22(5)6;1-2/h13-20,22H,9-12,21H2,1-8H3,(H,34,35);1-2H3/b14-13+,18-15-,26-24-;. The van der Waals surface area contributed by atoms with E-state index < -0.39 is 0 Å². The zero-order valence-electron chi connectivity index (χ0n) is 26.4. The molecule has 6 nitrogen and oxygen atoms in total. The second-order valence-electron chi connectivity index (χ2n) is 9.49. The molecule has 0 amide bonds. The van der Waals surface area contributed by atoms with E-state index in [0.29, 0.717) is 31.7 Å². The van der Waals surface area contributed by atoms with Gasteiger partial charge in [-0.15, -0.1) is 0 Å². The van der Waals surface area contributed by atoms with E-state index in [1.54, 1.807) is 6.20 Å². The Morgan fingerprint density at radius 3 is 2.48 bits per heavy atom. The number of ether oxygens (including phenoxy) is 2. The molecule has 6 heteroatoms. The molecule has 0 radical (unpaired) electrons. The van der Waals surface area contributed by atoms with Gasteiger partial charge in [0, 0.05) is 35.6 Å². The van der Waals surface area contributed by atoms with Crippen LogP contribution in [-0.2, 0) is 17.7 Å². The van der Waals surface area contributed by atoms with Gasteiger partial charge >= 0.3 is 0 Å². The minimum Gasteiger partial charge on any atom is -0.498 e. The molecule has 3 aromatic heterocycles. The number of nitrogens with zero attached hydrogens (tertiary/aromatic N) is 3. The van der Waals surface area contributed by atoms with E-state index in [4.69, 9.17) is 14.5 Å². The van der Waals surface area contributed by atoms with Crippen molar-refractivity contribution in [3.63, 3.8) is 0 Å². The van der Waals surface area contributed by atoms with Gasteiger partial charge in [0.25, 0.3) is 0 Å². The summed E-state index contributed by atoms with van der Waals surface area (Å²) in [5.74, 6) is 1.52. The normalized spacial score (nSPS) is 12.2. The van der Waals surface area contributed by atoms with Crippen LogP contribution in [0, 0.1) is 6.92 Å². The Balaban J connectivity index is 0.00000274. The van der Waals surface area contributed by atoms with Crippen LogP contribution in [0.2, 0.25) is 0 Å². The number of nitrogens with one attached hydrogen (secondary N) is 1. The highest BCUT2D eigenvalue weighted by atomic mass is 16.5. The first-order valence-corrected chi connectivity index (χ1v) is 14.9. The molecule has 40 heavy (non-hydrogen) atoms. The predicted molar refractivity (Wildman–Crippen MR) is 171 cm³/mol. The lowest BCUT2D eigenvalue weighted by molar-refractivity contribution is 0.233. The Kier molecular flexibility index (Phi) is 13.5. The molecule has 0 aliphatic rings. The van der Waals surface area contributed by atoms with Crippen molar-refractivity contribution in [1.29, 1.82) is 0 Å². The molecule has 3 heterocycles. The molecular weight excluding hydrogens is 496 g/mol. The highest BCUT2D eigenvalue weighted by Crippen LogP contribution is 2.36. The molecule has 0 saturated heterocycles. The Hall–Kier alpha value is -3.54. The van der Waals surface area contributed by atoms with E-state index in [0.717, 1.165) is 52.2 Å². The summed E-state index contributed by atoms with van der Waals surface area (Å²) >= 11 is 0. The molecule has 0 bridgehead atoms. The minimum absolute atomic E-state index is 0.297. The van der Waals surface area contributed by atoms with E-state index in [2.05, 4.69) is 85.9 Å². The molecule has 0 saturated carbocycles. The third-order valence-electron chi connectivity index (χ3n) is 6.53. The van der Waals surface area contributed by atoms with Crippen molar-refractivity contribution in [3.05, 3.63) is 77.0 Å². The molecule has 0 fully saturated rings. The van der Waals surface area contributed by atoms with E-state index in [1.165, 1.54) is 11.3 Å². The Morgan fingerprint density at radius 1 is 1.10 bits per heavy atom. The largest absolute Gasteiger partial charge is 0.498 e. The molecule has 1 N–H and O–H groups in total. The molecular formula is C34H50N4O2. The van der Waals surface area contributed by atoms with Crippen LogP contribution in [0.1, 0.15) is 97.3 Å². The number of anilines is 1. The van der Waals surface area contributed by atoms with Gasteiger partial charge in [-0.2, -0.15) is 0 Å². The zero-order valence-corrected chi connectivity index (χ0v) is 26.4. The molecule has 0 aliphatic carbocycles. The molecule has 218 valence electrons. The third-order valence-corrected chi connectivity index (χ3v) is 6.53. The van der Waals surface area contributed by atoms with E-state index in [1.807, 2.05) is 40.7 Å². The maximum absolute atomic E-state index is 5.97. The molecule has 0 aromatic carbocycles. The Bertz CT molecular complexity index is 1320. The number of allylic oxidation sites excluding steroid dienone is 6. The topological polar surface area (TPSA) is 61.2 Å². The van der Waals surface area contributed by atoms with Crippen LogP contribution in [0.3, 0.4) is 0 Å². The van der Waals surface area contributed by atoms with Crippen molar-refractivity contribution in [2.45, 2.75) is 94.7 Å². The molecule has 3 aromatic rings. The summed E-state index contributed by atoms with van der Waals surface area (Å²) in [6.45, 7) is 22.8. The predicted octanol–water partition coefficient (Wildman–Crippen LogP) is 9.21. The number of pyridine rings is 2. The quantitative estimate of drug-likeness (QED) is 0.171. The van der Waals surface area contributed by atoms with Gasteiger partial charge in [-0.1, -0.05) is 52.0 Å². The summed E-state index contributed by atoms with van der Waals surface area (Å²) in [6.07, 6.45) is 12.1. The smallest absolute Gasteiger partial charge is 0.218 e. The van der Waals surface area contributed by atoms with Crippen molar-refractivity contribution in [2.24, 2.45) is 0 Å². The summed E-state index contributed by atoms with van der Waals surface area (Å²) in [5, 5.41) is 3.72. The van der Waals surface area contributed by atoms with Crippen LogP contribution in [0.4, 0.5) is 5.69 Å². The van der Waals surface area contributed by atoms with Gasteiger partial charge in [-0.3, -0.25) is 0 Å². The van der Waals surface area contributed by atoms with Gasteiger partial charge in [0.2, 0.25) is 5.88 Å². The summed E-state index contributed by atoms with van der Waals surface area (Å²) in [6, 6.07) is 6.46. The number of rotatable bonds is 13. The van der Waals surface area contributed by atoms with Crippen LogP contribution < -0.4 is 10.1 Å². The van der Waals surface area contributed by atoms with Gasteiger partial charge in [0.15, 0.2) is 0 Å².